The first-order chi connectivity index (χ1) is 12.1. The molecule has 0 unspecified atom stereocenters. The van der Waals surface area contributed by atoms with Crippen LogP contribution in [0.15, 0.2) is 24.3 Å². The van der Waals surface area contributed by atoms with Crippen molar-refractivity contribution in [2.45, 2.75) is 64.9 Å². The summed E-state index contributed by atoms with van der Waals surface area (Å²) in [5.74, 6) is -0.0215. The van der Waals surface area contributed by atoms with E-state index >= 15 is 0 Å². The molecular formula is C19H26O6. The van der Waals surface area contributed by atoms with Crippen LogP contribution in [0.3, 0.4) is 0 Å². The minimum absolute atomic E-state index is 0.165. The fourth-order valence-corrected chi connectivity index (χ4v) is 3.00. The van der Waals surface area contributed by atoms with Gasteiger partial charge in [-0.05, 0) is 50.7 Å². The van der Waals surface area contributed by atoms with Gasteiger partial charge >= 0.3 is 12.1 Å². The van der Waals surface area contributed by atoms with Crippen LogP contribution in [0.1, 0.15) is 67.8 Å². The monoisotopic (exact) mass is 350 g/mol. The average molecular weight is 350 g/mol. The zero-order chi connectivity index (χ0) is 18.1. The van der Waals surface area contributed by atoms with Crippen LogP contribution < -0.4 is 0 Å². The molecule has 0 spiro atoms. The summed E-state index contributed by atoms with van der Waals surface area (Å²) in [4.78, 5) is 32.0. The topological polar surface area (TPSA) is 71.1 Å². The van der Waals surface area contributed by atoms with Gasteiger partial charge in [0.15, 0.2) is 0 Å². The lowest BCUT2D eigenvalue weighted by Gasteiger charge is -2.27. The first-order valence-corrected chi connectivity index (χ1v) is 8.91. The molecular weight excluding hydrogens is 324 g/mol. The van der Waals surface area contributed by atoms with E-state index in [0.29, 0.717) is 5.56 Å². The molecule has 1 aromatic carbocycles. The van der Waals surface area contributed by atoms with E-state index in [2.05, 4.69) is 21.7 Å². The molecule has 0 aromatic heterocycles. The van der Waals surface area contributed by atoms with E-state index in [4.69, 9.17) is 4.74 Å². The van der Waals surface area contributed by atoms with Crippen molar-refractivity contribution in [1.29, 1.82) is 0 Å². The predicted octanol–water partition coefficient (Wildman–Crippen LogP) is 4.90. The minimum Gasteiger partial charge on any atom is -0.429 e. The number of rotatable bonds is 7. The van der Waals surface area contributed by atoms with Crippen LogP contribution in [0.4, 0.5) is 4.79 Å². The Balaban J connectivity index is 1.61. The van der Waals surface area contributed by atoms with Crippen LogP contribution in [0.25, 0.3) is 0 Å². The highest BCUT2D eigenvalue weighted by atomic mass is 17.5. The van der Waals surface area contributed by atoms with Crippen molar-refractivity contribution >= 4 is 12.1 Å². The number of hydrogen-bond donors (Lipinski definition) is 0. The van der Waals surface area contributed by atoms with Gasteiger partial charge in [-0.3, -0.25) is 4.89 Å². The van der Waals surface area contributed by atoms with Crippen molar-refractivity contribution in [2.24, 2.45) is 5.92 Å². The van der Waals surface area contributed by atoms with Crippen LogP contribution in [0.5, 0.6) is 0 Å². The molecule has 1 aromatic rings. The maximum Gasteiger partial charge on any atom is 0.543 e. The van der Waals surface area contributed by atoms with Crippen LogP contribution >= 0.6 is 0 Å². The molecule has 0 heterocycles. The standard InChI is InChI=1S/C19H26O6/c1-3-4-5-15-8-12-17(13-9-15)22-19(21)24-25-23-18(20)16-10-6-14(2)7-11-16/h6-7,10-11,15,17H,3-5,8-9,12-13H2,1-2H3. The Morgan fingerprint density at radius 1 is 1.04 bits per heavy atom. The fraction of sp³-hybridized carbons (Fsp3) is 0.579. The number of ether oxygens (including phenoxy) is 1. The number of carbonyl (C=O) groups excluding carboxylic acids is 2. The van der Waals surface area contributed by atoms with Gasteiger partial charge in [-0.1, -0.05) is 43.9 Å². The Morgan fingerprint density at radius 2 is 1.72 bits per heavy atom. The molecule has 1 aliphatic carbocycles. The van der Waals surface area contributed by atoms with E-state index in [0.717, 1.165) is 37.2 Å². The summed E-state index contributed by atoms with van der Waals surface area (Å²) in [6, 6.07) is 6.72. The van der Waals surface area contributed by atoms with E-state index in [1.165, 1.54) is 19.3 Å². The lowest BCUT2D eigenvalue weighted by molar-refractivity contribution is -0.453. The molecule has 0 amide bonds. The molecule has 6 nitrogen and oxygen atoms in total. The summed E-state index contributed by atoms with van der Waals surface area (Å²) in [6.07, 6.45) is 6.31. The minimum atomic E-state index is -0.992. The maximum absolute atomic E-state index is 11.7. The molecule has 6 heteroatoms. The van der Waals surface area contributed by atoms with Gasteiger partial charge in [0.2, 0.25) is 0 Å². The summed E-state index contributed by atoms with van der Waals surface area (Å²) in [5, 5.41) is 4.23. The van der Waals surface area contributed by atoms with Crippen LogP contribution in [0, 0.1) is 12.8 Å². The third-order valence-corrected chi connectivity index (χ3v) is 4.52. The van der Waals surface area contributed by atoms with Crippen molar-refractivity contribution in [1.82, 2.24) is 0 Å². The van der Waals surface area contributed by atoms with Gasteiger partial charge in [0.05, 0.1) is 10.6 Å². The molecule has 0 radical (unpaired) electrons. The quantitative estimate of drug-likeness (QED) is 0.396. The first kappa shape index (κ1) is 19.2. The molecule has 0 bridgehead atoms. The Bertz CT molecular complexity index is 546. The van der Waals surface area contributed by atoms with Crippen molar-refractivity contribution in [3.63, 3.8) is 0 Å². The van der Waals surface area contributed by atoms with Gasteiger partial charge in [0.25, 0.3) is 0 Å². The summed E-state index contributed by atoms with van der Waals surface area (Å²) in [6.45, 7) is 4.10. The van der Waals surface area contributed by atoms with Gasteiger partial charge in [-0.25, -0.2) is 14.5 Å². The number of unbranched alkanes of at least 4 members (excludes halogenated alkanes) is 1. The van der Waals surface area contributed by atoms with E-state index in [-0.39, 0.29) is 6.10 Å². The summed E-state index contributed by atoms with van der Waals surface area (Å²) in [7, 11) is 0. The van der Waals surface area contributed by atoms with Gasteiger partial charge in [-0.2, -0.15) is 0 Å². The van der Waals surface area contributed by atoms with Crippen molar-refractivity contribution in [3.05, 3.63) is 35.4 Å². The third kappa shape index (κ3) is 6.74. The van der Waals surface area contributed by atoms with Gasteiger partial charge in [0.1, 0.15) is 6.10 Å². The summed E-state index contributed by atoms with van der Waals surface area (Å²) < 4.78 is 5.17. The molecule has 0 aliphatic heterocycles. The molecule has 2 rings (SSSR count). The molecule has 25 heavy (non-hydrogen) atoms. The Morgan fingerprint density at radius 3 is 2.36 bits per heavy atom. The number of benzene rings is 1. The zero-order valence-corrected chi connectivity index (χ0v) is 14.9. The highest BCUT2D eigenvalue weighted by Gasteiger charge is 2.24. The number of aryl methyl sites for hydroxylation is 1. The Hall–Kier alpha value is -2.08. The fourth-order valence-electron chi connectivity index (χ4n) is 3.00. The van der Waals surface area contributed by atoms with Crippen molar-refractivity contribution < 1.29 is 29.1 Å². The molecule has 0 atom stereocenters. The Kier molecular flexibility index (Phi) is 7.73. The lowest BCUT2D eigenvalue weighted by atomic mass is 9.84. The van der Waals surface area contributed by atoms with E-state index in [1.807, 2.05) is 6.92 Å². The first-order valence-electron chi connectivity index (χ1n) is 8.91. The number of hydrogen-bond acceptors (Lipinski definition) is 6. The van der Waals surface area contributed by atoms with E-state index < -0.39 is 12.1 Å². The third-order valence-electron chi connectivity index (χ3n) is 4.52. The second kappa shape index (κ2) is 10.0. The summed E-state index contributed by atoms with van der Waals surface area (Å²) >= 11 is 0. The molecule has 138 valence electrons. The smallest absolute Gasteiger partial charge is 0.429 e. The van der Waals surface area contributed by atoms with Gasteiger partial charge in [-0.15, -0.1) is 0 Å². The second-order valence-electron chi connectivity index (χ2n) is 6.54. The second-order valence-corrected chi connectivity index (χ2v) is 6.54. The largest absolute Gasteiger partial charge is 0.543 e. The van der Waals surface area contributed by atoms with E-state index in [1.54, 1.807) is 24.3 Å². The average Bonchev–Trinajstić information content (AvgIpc) is 2.61. The molecule has 0 N–H and O–H groups in total. The molecule has 0 saturated heterocycles. The summed E-state index contributed by atoms with van der Waals surface area (Å²) in [5.41, 5.74) is 1.31. The molecule has 1 aliphatic rings. The van der Waals surface area contributed by atoms with Crippen LogP contribution in [-0.4, -0.2) is 18.2 Å². The van der Waals surface area contributed by atoms with E-state index in [9.17, 15) is 9.59 Å². The van der Waals surface area contributed by atoms with Crippen LogP contribution in [-0.2, 0) is 19.6 Å². The van der Waals surface area contributed by atoms with Crippen molar-refractivity contribution in [2.75, 3.05) is 0 Å². The Labute approximate surface area is 148 Å². The van der Waals surface area contributed by atoms with Gasteiger partial charge in [0, 0.05) is 0 Å². The highest BCUT2D eigenvalue weighted by Crippen LogP contribution is 2.29. The molecule has 1 fully saturated rings. The SMILES string of the molecule is CCCCC1CCC(OC(=O)OOOC(=O)c2ccc(C)cc2)CC1. The van der Waals surface area contributed by atoms with Crippen molar-refractivity contribution in [3.8, 4) is 0 Å². The number of carbonyl (C=O) groups is 2. The highest BCUT2D eigenvalue weighted by molar-refractivity contribution is 5.88. The van der Waals surface area contributed by atoms with Crippen LogP contribution in [0.2, 0.25) is 0 Å². The normalized spacial score (nSPS) is 19.9. The molecule has 1 saturated carbocycles. The maximum atomic E-state index is 11.7. The zero-order valence-electron chi connectivity index (χ0n) is 14.9. The van der Waals surface area contributed by atoms with Gasteiger partial charge < -0.3 is 4.74 Å². The lowest BCUT2D eigenvalue weighted by Crippen LogP contribution is -2.25. The predicted molar refractivity (Wildman–Crippen MR) is 90.5 cm³/mol.